The topological polar surface area (TPSA) is 32.3 Å². The van der Waals surface area contributed by atoms with Crippen molar-refractivity contribution in [1.82, 2.24) is 5.32 Å². The van der Waals surface area contributed by atoms with Gasteiger partial charge < -0.3 is 10.4 Å². The van der Waals surface area contributed by atoms with Crippen molar-refractivity contribution in [2.24, 2.45) is 11.8 Å². The van der Waals surface area contributed by atoms with E-state index in [1.165, 1.54) is 32.1 Å². The summed E-state index contributed by atoms with van der Waals surface area (Å²) in [6.07, 6.45) is 12.1. The van der Waals surface area contributed by atoms with Crippen LogP contribution in [0.1, 0.15) is 38.5 Å². The Bertz CT molecular complexity index is 215. The average Bonchev–Trinajstić information content (AvgIpc) is 2.59. The average molecular weight is 209 g/mol. The Labute approximate surface area is 92.8 Å². The van der Waals surface area contributed by atoms with E-state index >= 15 is 0 Å². The monoisotopic (exact) mass is 209 g/mol. The van der Waals surface area contributed by atoms with Crippen LogP contribution in [0.4, 0.5) is 0 Å². The Kier molecular flexibility index (Phi) is 4.21. The van der Waals surface area contributed by atoms with E-state index in [-0.39, 0.29) is 0 Å². The molecule has 0 bridgehead atoms. The molecule has 2 heteroatoms. The molecule has 0 aromatic carbocycles. The van der Waals surface area contributed by atoms with Crippen LogP contribution >= 0.6 is 0 Å². The van der Waals surface area contributed by atoms with Gasteiger partial charge in [0.2, 0.25) is 0 Å². The molecule has 2 aliphatic rings. The van der Waals surface area contributed by atoms with Gasteiger partial charge in [0.1, 0.15) is 0 Å². The van der Waals surface area contributed by atoms with Gasteiger partial charge in [0.15, 0.2) is 0 Å². The van der Waals surface area contributed by atoms with Crippen LogP contribution in [0.2, 0.25) is 0 Å². The molecular weight excluding hydrogens is 186 g/mol. The van der Waals surface area contributed by atoms with E-state index in [0.29, 0.717) is 6.61 Å². The molecule has 0 aromatic heterocycles. The highest BCUT2D eigenvalue weighted by Crippen LogP contribution is 2.42. The third-order valence-electron chi connectivity index (χ3n) is 3.85. The Morgan fingerprint density at radius 3 is 2.87 bits per heavy atom. The molecular formula is C13H23NO. The van der Waals surface area contributed by atoms with Gasteiger partial charge >= 0.3 is 0 Å². The molecule has 1 saturated carbocycles. The minimum absolute atomic E-state index is 0.352. The van der Waals surface area contributed by atoms with Crippen LogP contribution in [-0.4, -0.2) is 24.3 Å². The molecule has 2 nitrogen and oxygen atoms in total. The Morgan fingerprint density at radius 2 is 2.07 bits per heavy atom. The van der Waals surface area contributed by atoms with Crippen molar-refractivity contribution in [2.45, 2.75) is 44.6 Å². The zero-order chi connectivity index (χ0) is 10.5. The molecule has 0 radical (unpaired) electrons. The highest BCUT2D eigenvalue weighted by atomic mass is 16.2. The van der Waals surface area contributed by atoms with Crippen molar-refractivity contribution in [2.75, 3.05) is 13.2 Å². The van der Waals surface area contributed by atoms with Crippen molar-refractivity contribution in [3.63, 3.8) is 0 Å². The summed E-state index contributed by atoms with van der Waals surface area (Å²) in [4.78, 5) is 0. The van der Waals surface area contributed by atoms with Crippen LogP contribution in [0.5, 0.6) is 0 Å². The lowest BCUT2D eigenvalue weighted by Crippen LogP contribution is -2.48. The summed E-state index contributed by atoms with van der Waals surface area (Å²) >= 11 is 0. The summed E-state index contributed by atoms with van der Waals surface area (Å²) in [6, 6.07) is 0.770. The lowest BCUT2D eigenvalue weighted by molar-refractivity contribution is 0.163. The van der Waals surface area contributed by atoms with E-state index < -0.39 is 0 Å². The zero-order valence-electron chi connectivity index (χ0n) is 9.49. The van der Waals surface area contributed by atoms with Gasteiger partial charge in [-0.2, -0.15) is 0 Å². The van der Waals surface area contributed by atoms with Crippen molar-refractivity contribution in [3.8, 4) is 0 Å². The first kappa shape index (κ1) is 11.2. The second-order valence-corrected chi connectivity index (χ2v) is 4.94. The lowest BCUT2D eigenvalue weighted by Gasteiger charge is -2.40. The van der Waals surface area contributed by atoms with Crippen LogP contribution in [-0.2, 0) is 0 Å². The maximum atomic E-state index is 8.64. The molecule has 86 valence electrons. The van der Waals surface area contributed by atoms with Gasteiger partial charge in [-0.05, 0) is 44.1 Å². The van der Waals surface area contributed by atoms with E-state index in [0.717, 1.165) is 30.8 Å². The number of aliphatic hydroxyl groups excluding tert-OH is 1. The Balaban J connectivity index is 1.47. The first-order valence-electron chi connectivity index (χ1n) is 6.42. The van der Waals surface area contributed by atoms with Gasteiger partial charge in [0.05, 0.1) is 0 Å². The highest BCUT2D eigenvalue weighted by Gasteiger charge is 2.40. The molecule has 0 aromatic rings. The van der Waals surface area contributed by atoms with Gasteiger partial charge in [-0.25, -0.2) is 0 Å². The number of allylic oxidation sites excluding steroid dienone is 1. The van der Waals surface area contributed by atoms with Gasteiger partial charge in [-0.15, -0.1) is 0 Å². The van der Waals surface area contributed by atoms with Gasteiger partial charge in [0.25, 0.3) is 0 Å². The third-order valence-corrected chi connectivity index (χ3v) is 3.85. The maximum absolute atomic E-state index is 8.64. The summed E-state index contributed by atoms with van der Waals surface area (Å²) < 4.78 is 0. The van der Waals surface area contributed by atoms with Gasteiger partial charge in [-0.1, -0.05) is 25.0 Å². The predicted molar refractivity (Wildman–Crippen MR) is 62.7 cm³/mol. The van der Waals surface area contributed by atoms with Crippen LogP contribution in [0.15, 0.2) is 12.2 Å². The second kappa shape index (κ2) is 5.66. The molecule has 0 heterocycles. The molecule has 3 atom stereocenters. The normalized spacial score (nSPS) is 32.7. The van der Waals surface area contributed by atoms with Crippen LogP contribution < -0.4 is 5.32 Å². The molecule has 15 heavy (non-hydrogen) atoms. The number of hydrogen-bond acceptors (Lipinski definition) is 2. The molecule has 2 aliphatic carbocycles. The minimum atomic E-state index is 0.352. The number of hydrogen-bond donors (Lipinski definition) is 2. The molecule has 0 saturated heterocycles. The quantitative estimate of drug-likeness (QED) is 0.497. The Morgan fingerprint density at radius 1 is 1.20 bits per heavy atom. The molecule has 2 rings (SSSR count). The first-order valence-corrected chi connectivity index (χ1v) is 6.42. The van der Waals surface area contributed by atoms with Crippen molar-refractivity contribution in [1.29, 1.82) is 0 Å². The van der Waals surface area contributed by atoms with Crippen molar-refractivity contribution < 1.29 is 5.11 Å². The standard InChI is InChI=1S/C13H23NO/c15-9-4-2-1-3-8-14-13-10-11-6-5-7-12(11)13/h5,7,11-15H,1-4,6,8-10H2. The van der Waals surface area contributed by atoms with Gasteiger partial charge in [-0.3, -0.25) is 0 Å². The summed E-state index contributed by atoms with van der Waals surface area (Å²) in [6.45, 7) is 1.51. The highest BCUT2D eigenvalue weighted by molar-refractivity contribution is 5.12. The number of nitrogens with one attached hydrogen (secondary N) is 1. The SMILES string of the molecule is OCCCCCCNC1CC2CC=CC21. The molecule has 2 N–H and O–H groups in total. The number of rotatable bonds is 7. The molecule has 0 aliphatic heterocycles. The van der Waals surface area contributed by atoms with Crippen LogP contribution in [0.25, 0.3) is 0 Å². The molecule has 0 spiro atoms. The van der Waals surface area contributed by atoms with E-state index in [4.69, 9.17) is 5.11 Å². The minimum Gasteiger partial charge on any atom is -0.396 e. The fourth-order valence-electron chi connectivity index (χ4n) is 2.83. The maximum Gasteiger partial charge on any atom is 0.0431 e. The molecule has 3 unspecified atom stereocenters. The predicted octanol–water partition coefficient (Wildman–Crippen LogP) is 2.09. The van der Waals surface area contributed by atoms with Crippen molar-refractivity contribution in [3.05, 3.63) is 12.2 Å². The summed E-state index contributed by atoms with van der Waals surface area (Å²) in [5.74, 6) is 1.82. The fraction of sp³-hybridized carbons (Fsp3) is 0.846. The van der Waals surface area contributed by atoms with Gasteiger partial charge in [0, 0.05) is 12.6 Å². The first-order chi connectivity index (χ1) is 7.42. The second-order valence-electron chi connectivity index (χ2n) is 4.94. The number of aliphatic hydroxyl groups is 1. The fourth-order valence-corrected chi connectivity index (χ4v) is 2.83. The summed E-state index contributed by atoms with van der Waals surface area (Å²) in [5.41, 5.74) is 0. The number of fused-ring (bicyclic) bond motifs is 1. The van der Waals surface area contributed by atoms with E-state index in [1.807, 2.05) is 0 Å². The lowest BCUT2D eigenvalue weighted by atomic mass is 9.71. The summed E-state index contributed by atoms with van der Waals surface area (Å²) in [5, 5.41) is 12.3. The van der Waals surface area contributed by atoms with E-state index in [1.54, 1.807) is 0 Å². The van der Waals surface area contributed by atoms with E-state index in [2.05, 4.69) is 17.5 Å². The molecule has 0 amide bonds. The van der Waals surface area contributed by atoms with E-state index in [9.17, 15) is 0 Å². The van der Waals surface area contributed by atoms with Crippen LogP contribution in [0, 0.1) is 11.8 Å². The Hall–Kier alpha value is -0.340. The zero-order valence-corrected chi connectivity index (χ0v) is 9.49. The van der Waals surface area contributed by atoms with Crippen LogP contribution in [0.3, 0.4) is 0 Å². The smallest absolute Gasteiger partial charge is 0.0431 e. The summed E-state index contributed by atoms with van der Waals surface area (Å²) in [7, 11) is 0. The number of unbranched alkanes of at least 4 members (excludes halogenated alkanes) is 3. The van der Waals surface area contributed by atoms with Crippen molar-refractivity contribution >= 4 is 0 Å². The largest absolute Gasteiger partial charge is 0.396 e. The third kappa shape index (κ3) is 2.82. The molecule has 1 fully saturated rings.